The van der Waals surface area contributed by atoms with Gasteiger partial charge in [-0.05, 0) is 38.1 Å². The summed E-state index contributed by atoms with van der Waals surface area (Å²) in [6.45, 7) is 4.20. The Morgan fingerprint density at radius 1 is 1.45 bits per heavy atom. The molecule has 5 heteroatoms. The van der Waals surface area contributed by atoms with Gasteiger partial charge in [0.15, 0.2) is 0 Å². The molecule has 1 atom stereocenters. The van der Waals surface area contributed by atoms with Gasteiger partial charge < -0.3 is 10.1 Å². The zero-order chi connectivity index (χ0) is 14.5. The molecule has 2 heterocycles. The molecule has 1 N–H and O–H groups in total. The molecule has 0 aliphatic rings. The third-order valence-electron chi connectivity index (χ3n) is 2.88. The lowest BCUT2D eigenvalue weighted by Gasteiger charge is -2.14. The first kappa shape index (κ1) is 14.5. The zero-order valence-electron chi connectivity index (χ0n) is 11.8. The summed E-state index contributed by atoms with van der Waals surface area (Å²) in [6.07, 6.45) is 2.54. The summed E-state index contributed by atoms with van der Waals surface area (Å²) in [5.41, 5.74) is 0.504. The zero-order valence-corrected chi connectivity index (χ0v) is 12.7. The van der Waals surface area contributed by atoms with E-state index in [0.29, 0.717) is 11.4 Å². The van der Waals surface area contributed by atoms with Crippen molar-refractivity contribution in [1.82, 2.24) is 4.98 Å². The van der Waals surface area contributed by atoms with Crippen LogP contribution in [0.15, 0.2) is 30.5 Å². The average Bonchev–Trinajstić information content (AvgIpc) is 2.83. The van der Waals surface area contributed by atoms with Crippen molar-refractivity contribution in [3.63, 3.8) is 0 Å². The van der Waals surface area contributed by atoms with Crippen LogP contribution in [0.2, 0.25) is 0 Å². The lowest BCUT2D eigenvalue weighted by molar-refractivity contribution is 0.0600. The van der Waals surface area contributed by atoms with Gasteiger partial charge in [0, 0.05) is 28.4 Å². The molecule has 2 rings (SSSR count). The Kier molecular flexibility index (Phi) is 4.74. The largest absolute Gasteiger partial charge is 0.465 e. The normalized spacial score (nSPS) is 11.9. The minimum Gasteiger partial charge on any atom is -0.465 e. The second-order valence-electron chi connectivity index (χ2n) is 4.68. The third-order valence-corrected chi connectivity index (χ3v) is 3.90. The monoisotopic (exact) mass is 290 g/mol. The van der Waals surface area contributed by atoms with Crippen LogP contribution < -0.4 is 5.32 Å². The number of nitrogens with zero attached hydrogens (tertiary/aromatic N) is 1. The van der Waals surface area contributed by atoms with Gasteiger partial charge in [-0.3, -0.25) is 0 Å². The van der Waals surface area contributed by atoms with E-state index in [1.165, 1.54) is 16.9 Å². The average molecular weight is 290 g/mol. The van der Waals surface area contributed by atoms with Gasteiger partial charge in [0.25, 0.3) is 0 Å². The van der Waals surface area contributed by atoms with Gasteiger partial charge in [-0.2, -0.15) is 0 Å². The number of aromatic nitrogens is 1. The standard InChI is InChI=1S/C15H18N2O2S/c1-10(8-13-5-4-11(2)20-13)17-14-9-12(6-7-16-14)15(18)19-3/h4-7,9-10H,8H2,1-3H3,(H,16,17). The fourth-order valence-corrected chi connectivity index (χ4v) is 2.97. The molecule has 20 heavy (non-hydrogen) atoms. The van der Waals surface area contributed by atoms with Gasteiger partial charge in [0.2, 0.25) is 0 Å². The molecule has 0 bridgehead atoms. The highest BCUT2D eigenvalue weighted by molar-refractivity contribution is 7.11. The Morgan fingerprint density at radius 2 is 2.25 bits per heavy atom. The van der Waals surface area contributed by atoms with Crippen molar-refractivity contribution in [2.45, 2.75) is 26.3 Å². The summed E-state index contributed by atoms with van der Waals surface area (Å²) < 4.78 is 4.70. The second kappa shape index (κ2) is 6.52. The van der Waals surface area contributed by atoms with E-state index in [9.17, 15) is 4.79 Å². The van der Waals surface area contributed by atoms with Crippen LogP contribution in [0.4, 0.5) is 5.82 Å². The maximum atomic E-state index is 11.5. The van der Waals surface area contributed by atoms with Crippen LogP contribution in [0, 0.1) is 6.92 Å². The topological polar surface area (TPSA) is 51.2 Å². The Bertz CT molecular complexity index is 595. The van der Waals surface area contributed by atoms with E-state index >= 15 is 0 Å². The van der Waals surface area contributed by atoms with Gasteiger partial charge in [0.1, 0.15) is 5.82 Å². The predicted octanol–water partition coefficient (Wildman–Crippen LogP) is 3.28. The number of carbonyl (C=O) groups excluding carboxylic acids is 1. The SMILES string of the molecule is COC(=O)c1ccnc(NC(C)Cc2ccc(C)s2)c1. The number of hydrogen-bond donors (Lipinski definition) is 1. The number of pyridine rings is 1. The summed E-state index contributed by atoms with van der Waals surface area (Å²) in [7, 11) is 1.37. The lowest BCUT2D eigenvalue weighted by Crippen LogP contribution is -2.18. The van der Waals surface area contributed by atoms with Gasteiger partial charge in [-0.15, -0.1) is 11.3 Å². The van der Waals surface area contributed by atoms with E-state index in [2.05, 4.69) is 36.3 Å². The van der Waals surface area contributed by atoms with Crippen LogP contribution in [0.5, 0.6) is 0 Å². The number of ether oxygens (including phenoxy) is 1. The fourth-order valence-electron chi connectivity index (χ4n) is 1.95. The van der Waals surface area contributed by atoms with Crippen molar-refractivity contribution < 1.29 is 9.53 Å². The van der Waals surface area contributed by atoms with E-state index in [1.54, 1.807) is 29.7 Å². The molecule has 0 aliphatic heterocycles. The molecule has 0 amide bonds. The number of methoxy groups -OCH3 is 1. The minimum atomic E-state index is -0.350. The summed E-state index contributed by atoms with van der Waals surface area (Å²) in [5, 5.41) is 3.31. The molecule has 0 spiro atoms. The summed E-state index contributed by atoms with van der Waals surface area (Å²) in [4.78, 5) is 18.4. The molecular formula is C15H18N2O2S. The Hall–Kier alpha value is -1.88. The van der Waals surface area contributed by atoms with Gasteiger partial charge in [-0.1, -0.05) is 0 Å². The quantitative estimate of drug-likeness (QED) is 0.859. The summed E-state index contributed by atoms with van der Waals surface area (Å²) in [5.74, 6) is 0.339. The molecule has 1 unspecified atom stereocenters. The van der Waals surface area contributed by atoms with Crippen LogP contribution in [0.25, 0.3) is 0 Å². The molecule has 0 fully saturated rings. The van der Waals surface area contributed by atoms with E-state index in [1.807, 2.05) is 0 Å². The molecule has 0 saturated heterocycles. The highest BCUT2D eigenvalue weighted by Gasteiger charge is 2.09. The van der Waals surface area contributed by atoms with Crippen molar-refractivity contribution in [2.75, 3.05) is 12.4 Å². The van der Waals surface area contributed by atoms with Crippen molar-refractivity contribution in [3.05, 3.63) is 45.8 Å². The molecule has 2 aromatic rings. The van der Waals surface area contributed by atoms with Crippen molar-refractivity contribution in [1.29, 1.82) is 0 Å². The molecule has 0 radical (unpaired) electrons. The van der Waals surface area contributed by atoms with Crippen LogP contribution in [-0.2, 0) is 11.2 Å². The Morgan fingerprint density at radius 3 is 2.90 bits per heavy atom. The van der Waals surface area contributed by atoms with Crippen molar-refractivity contribution in [2.24, 2.45) is 0 Å². The number of hydrogen-bond acceptors (Lipinski definition) is 5. The lowest BCUT2D eigenvalue weighted by atomic mass is 10.2. The van der Waals surface area contributed by atoms with E-state index < -0.39 is 0 Å². The van der Waals surface area contributed by atoms with Crippen LogP contribution >= 0.6 is 11.3 Å². The third kappa shape index (κ3) is 3.81. The number of aryl methyl sites for hydroxylation is 1. The molecule has 0 aromatic carbocycles. The Labute approximate surface area is 122 Å². The first-order chi connectivity index (χ1) is 9.58. The van der Waals surface area contributed by atoms with E-state index in [0.717, 1.165) is 6.42 Å². The first-order valence-corrected chi connectivity index (χ1v) is 7.26. The molecule has 106 valence electrons. The smallest absolute Gasteiger partial charge is 0.338 e. The number of thiophene rings is 1. The maximum Gasteiger partial charge on any atom is 0.338 e. The van der Waals surface area contributed by atoms with Crippen LogP contribution in [0.1, 0.15) is 27.0 Å². The number of carbonyl (C=O) groups is 1. The summed E-state index contributed by atoms with van der Waals surface area (Å²) >= 11 is 1.80. The number of esters is 1. The molecule has 0 saturated carbocycles. The molecular weight excluding hydrogens is 272 g/mol. The molecule has 4 nitrogen and oxygen atoms in total. The minimum absolute atomic E-state index is 0.244. The van der Waals surface area contributed by atoms with Crippen LogP contribution in [0.3, 0.4) is 0 Å². The van der Waals surface area contributed by atoms with E-state index in [4.69, 9.17) is 4.74 Å². The van der Waals surface area contributed by atoms with Gasteiger partial charge >= 0.3 is 5.97 Å². The van der Waals surface area contributed by atoms with Crippen molar-refractivity contribution >= 4 is 23.1 Å². The summed E-state index contributed by atoms with van der Waals surface area (Å²) in [6, 6.07) is 7.87. The Balaban J connectivity index is 2.00. The molecule has 0 aliphatic carbocycles. The highest BCUT2D eigenvalue weighted by atomic mass is 32.1. The fraction of sp³-hybridized carbons (Fsp3) is 0.333. The molecule has 2 aromatic heterocycles. The first-order valence-electron chi connectivity index (χ1n) is 6.44. The second-order valence-corrected chi connectivity index (χ2v) is 6.06. The predicted molar refractivity (Wildman–Crippen MR) is 81.4 cm³/mol. The van der Waals surface area contributed by atoms with E-state index in [-0.39, 0.29) is 12.0 Å². The maximum absolute atomic E-state index is 11.5. The number of anilines is 1. The highest BCUT2D eigenvalue weighted by Crippen LogP contribution is 2.18. The number of rotatable bonds is 5. The van der Waals surface area contributed by atoms with Crippen molar-refractivity contribution in [3.8, 4) is 0 Å². The number of nitrogens with one attached hydrogen (secondary N) is 1. The van der Waals surface area contributed by atoms with Crippen LogP contribution in [-0.4, -0.2) is 24.1 Å². The van der Waals surface area contributed by atoms with Gasteiger partial charge in [0.05, 0.1) is 12.7 Å². The van der Waals surface area contributed by atoms with Gasteiger partial charge in [-0.25, -0.2) is 9.78 Å².